The van der Waals surface area contributed by atoms with E-state index in [1.54, 1.807) is 0 Å². The van der Waals surface area contributed by atoms with Crippen molar-refractivity contribution in [2.24, 2.45) is 0 Å². The average Bonchev–Trinajstić information content (AvgIpc) is 3.10. The molecule has 3 rings (SSSR count). The minimum atomic E-state index is -0.335. The first-order valence-corrected chi connectivity index (χ1v) is 6.85. The first-order chi connectivity index (χ1) is 9.57. The van der Waals surface area contributed by atoms with Crippen LogP contribution in [0.2, 0.25) is 0 Å². The molecule has 5 heteroatoms. The summed E-state index contributed by atoms with van der Waals surface area (Å²) in [6.45, 7) is 5.60. The maximum absolute atomic E-state index is 5.73. The van der Waals surface area contributed by atoms with Crippen molar-refractivity contribution in [3.8, 4) is 0 Å². The molecule has 0 amide bonds. The molecular weight excluding hydrogens is 254 g/mol. The topological polar surface area (TPSA) is 74.2 Å². The van der Waals surface area contributed by atoms with Crippen LogP contribution in [0.25, 0.3) is 0 Å². The summed E-state index contributed by atoms with van der Waals surface area (Å²) < 4.78 is 10.8. The summed E-state index contributed by atoms with van der Waals surface area (Å²) in [6.07, 6.45) is 0.960. The zero-order valence-corrected chi connectivity index (χ0v) is 11.8. The van der Waals surface area contributed by atoms with Gasteiger partial charge in [-0.05, 0) is 38.0 Å². The van der Waals surface area contributed by atoms with E-state index >= 15 is 0 Å². The first kappa shape index (κ1) is 13.1. The van der Waals surface area contributed by atoms with E-state index in [4.69, 9.17) is 15.0 Å². The number of anilines is 1. The fourth-order valence-electron chi connectivity index (χ4n) is 2.42. The van der Waals surface area contributed by atoms with Gasteiger partial charge in [-0.1, -0.05) is 17.3 Å². The molecule has 2 aromatic rings. The summed E-state index contributed by atoms with van der Waals surface area (Å²) in [7, 11) is 0. The van der Waals surface area contributed by atoms with E-state index in [1.165, 1.54) is 0 Å². The molecule has 1 aliphatic rings. The lowest BCUT2D eigenvalue weighted by atomic mass is 9.84. The monoisotopic (exact) mass is 273 g/mol. The molecule has 2 heterocycles. The molecule has 0 spiro atoms. The number of hydrogen-bond donors (Lipinski definition) is 1. The van der Waals surface area contributed by atoms with Crippen LogP contribution in [0, 0.1) is 0 Å². The quantitative estimate of drug-likeness (QED) is 0.870. The highest BCUT2D eigenvalue weighted by molar-refractivity contribution is 5.42. The second kappa shape index (κ2) is 4.90. The van der Waals surface area contributed by atoms with Gasteiger partial charge in [-0.2, -0.15) is 4.98 Å². The lowest BCUT2D eigenvalue weighted by Gasteiger charge is -2.20. The van der Waals surface area contributed by atoms with E-state index in [0.717, 1.165) is 30.1 Å². The third-order valence-electron chi connectivity index (χ3n) is 3.90. The molecule has 106 valence electrons. The van der Waals surface area contributed by atoms with E-state index in [2.05, 4.69) is 24.0 Å². The Balaban J connectivity index is 1.88. The van der Waals surface area contributed by atoms with E-state index in [-0.39, 0.29) is 11.3 Å². The number of nitrogens with zero attached hydrogens (tertiary/aromatic N) is 2. The van der Waals surface area contributed by atoms with Crippen molar-refractivity contribution in [1.29, 1.82) is 0 Å². The van der Waals surface area contributed by atoms with Crippen LogP contribution in [0.5, 0.6) is 0 Å². The van der Waals surface area contributed by atoms with Gasteiger partial charge in [-0.15, -0.1) is 0 Å². The number of benzene rings is 1. The third kappa shape index (κ3) is 2.29. The van der Waals surface area contributed by atoms with Gasteiger partial charge in [0.2, 0.25) is 5.89 Å². The normalized spacial score (nSPS) is 19.4. The van der Waals surface area contributed by atoms with Crippen molar-refractivity contribution in [3.05, 3.63) is 41.5 Å². The Hall–Kier alpha value is -1.88. The molecule has 1 saturated heterocycles. The second-order valence-electron chi connectivity index (χ2n) is 5.77. The zero-order chi connectivity index (χ0) is 14.2. The summed E-state index contributed by atoms with van der Waals surface area (Å²) in [5.41, 5.74) is 7.25. The van der Waals surface area contributed by atoms with Crippen LogP contribution in [0.3, 0.4) is 0 Å². The Morgan fingerprint density at radius 1 is 1.25 bits per heavy atom. The second-order valence-corrected chi connectivity index (χ2v) is 5.77. The molecule has 1 aliphatic heterocycles. The molecule has 1 aromatic carbocycles. The summed E-state index contributed by atoms with van der Waals surface area (Å²) in [5.74, 6) is 1.64. The number of rotatable bonds is 3. The molecule has 2 N–H and O–H groups in total. The molecular formula is C15H19N3O2. The average molecular weight is 273 g/mol. The fourth-order valence-corrected chi connectivity index (χ4v) is 2.42. The minimum absolute atomic E-state index is 0.259. The van der Waals surface area contributed by atoms with Gasteiger partial charge < -0.3 is 15.0 Å². The van der Waals surface area contributed by atoms with Crippen LogP contribution < -0.4 is 5.73 Å². The molecule has 1 fully saturated rings. The Kier molecular flexibility index (Phi) is 3.22. The first-order valence-electron chi connectivity index (χ1n) is 6.85. The van der Waals surface area contributed by atoms with Gasteiger partial charge in [0.25, 0.3) is 0 Å². The summed E-state index contributed by atoms with van der Waals surface area (Å²) in [6, 6.07) is 7.77. The van der Waals surface area contributed by atoms with Gasteiger partial charge >= 0.3 is 0 Å². The Morgan fingerprint density at radius 3 is 2.65 bits per heavy atom. The predicted molar refractivity (Wildman–Crippen MR) is 75.5 cm³/mol. The lowest BCUT2D eigenvalue weighted by Crippen LogP contribution is -2.19. The Bertz CT molecular complexity index is 583. The largest absolute Gasteiger partial charge is 0.399 e. The molecule has 1 atom stereocenters. The van der Waals surface area contributed by atoms with Crippen molar-refractivity contribution in [3.63, 3.8) is 0 Å². The van der Waals surface area contributed by atoms with Crippen molar-refractivity contribution in [1.82, 2.24) is 10.1 Å². The van der Waals surface area contributed by atoms with Gasteiger partial charge in [-0.25, -0.2) is 0 Å². The molecule has 0 aliphatic carbocycles. The van der Waals surface area contributed by atoms with E-state index in [9.17, 15) is 0 Å². The standard InChI is InChI=1S/C15H19N3O2/c1-15(2,11-3-5-12(16)6-4-11)14-17-13(18-20-14)10-7-8-19-9-10/h3-6,10H,7-9,16H2,1-2H3. The highest BCUT2D eigenvalue weighted by atomic mass is 16.5. The number of aromatic nitrogens is 2. The lowest BCUT2D eigenvalue weighted by molar-refractivity contribution is 0.192. The van der Waals surface area contributed by atoms with Crippen LogP contribution in [0.15, 0.2) is 28.8 Å². The molecule has 0 saturated carbocycles. The third-order valence-corrected chi connectivity index (χ3v) is 3.90. The van der Waals surface area contributed by atoms with Crippen molar-refractivity contribution in [2.45, 2.75) is 31.6 Å². The number of nitrogens with two attached hydrogens (primary N) is 1. The van der Waals surface area contributed by atoms with Gasteiger partial charge in [0.1, 0.15) is 0 Å². The Labute approximate surface area is 118 Å². The van der Waals surface area contributed by atoms with Crippen LogP contribution >= 0.6 is 0 Å². The van der Waals surface area contributed by atoms with Crippen LogP contribution in [-0.2, 0) is 10.2 Å². The zero-order valence-electron chi connectivity index (χ0n) is 11.8. The number of ether oxygens (including phenoxy) is 1. The molecule has 1 unspecified atom stereocenters. The van der Waals surface area contributed by atoms with Crippen LogP contribution in [-0.4, -0.2) is 23.4 Å². The highest BCUT2D eigenvalue weighted by Gasteiger charge is 2.32. The molecule has 0 radical (unpaired) electrons. The van der Waals surface area contributed by atoms with Crippen molar-refractivity contribution >= 4 is 5.69 Å². The van der Waals surface area contributed by atoms with E-state index < -0.39 is 0 Å². The number of hydrogen-bond acceptors (Lipinski definition) is 5. The van der Waals surface area contributed by atoms with Gasteiger partial charge in [-0.3, -0.25) is 0 Å². The number of nitrogen functional groups attached to an aromatic ring is 1. The van der Waals surface area contributed by atoms with E-state index in [0.29, 0.717) is 12.5 Å². The minimum Gasteiger partial charge on any atom is -0.399 e. The smallest absolute Gasteiger partial charge is 0.236 e. The maximum atomic E-state index is 5.73. The summed E-state index contributed by atoms with van der Waals surface area (Å²) >= 11 is 0. The maximum Gasteiger partial charge on any atom is 0.236 e. The van der Waals surface area contributed by atoms with Gasteiger partial charge in [0.05, 0.1) is 12.0 Å². The molecule has 5 nitrogen and oxygen atoms in total. The van der Waals surface area contributed by atoms with Crippen molar-refractivity contribution in [2.75, 3.05) is 18.9 Å². The van der Waals surface area contributed by atoms with Gasteiger partial charge in [0, 0.05) is 18.2 Å². The Morgan fingerprint density at radius 2 is 2.00 bits per heavy atom. The van der Waals surface area contributed by atoms with Crippen molar-refractivity contribution < 1.29 is 9.26 Å². The fraction of sp³-hybridized carbons (Fsp3) is 0.467. The van der Waals surface area contributed by atoms with Crippen LogP contribution in [0.4, 0.5) is 5.69 Å². The van der Waals surface area contributed by atoms with Gasteiger partial charge in [0.15, 0.2) is 5.82 Å². The highest BCUT2D eigenvalue weighted by Crippen LogP contribution is 2.32. The van der Waals surface area contributed by atoms with Crippen LogP contribution in [0.1, 0.15) is 43.5 Å². The van der Waals surface area contributed by atoms with E-state index in [1.807, 2.05) is 24.3 Å². The molecule has 0 bridgehead atoms. The SMILES string of the molecule is CC(C)(c1ccc(N)cc1)c1nc(C2CCOC2)no1. The summed E-state index contributed by atoms with van der Waals surface area (Å²) in [4.78, 5) is 4.57. The predicted octanol–water partition coefficient (Wildman–Crippen LogP) is 2.48. The summed E-state index contributed by atoms with van der Waals surface area (Å²) in [5, 5.41) is 4.12. The molecule has 1 aromatic heterocycles. The molecule has 20 heavy (non-hydrogen) atoms.